The summed E-state index contributed by atoms with van der Waals surface area (Å²) in [6.45, 7) is 17.8. The van der Waals surface area contributed by atoms with Gasteiger partial charge in [-0.15, -0.1) is 34.0 Å². The Labute approximate surface area is 662 Å². The van der Waals surface area contributed by atoms with Gasteiger partial charge in [0.15, 0.2) is 0 Å². The number of aromatic hydroxyl groups is 3. The molecule has 0 unspecified atom stereocenters. The summed E-state index contributed by atoms with van der Waals surface area (Å²) in [6, 6.07) is 82.4. The number of aromatic nitrogens is 4. The second-order valence-corrected chi connectivity index (χ2v) is 32.4. The zero-order valence-corrected chi connectivity index (χ0v) is 71.3. The van der Waals surface area contributed by atoms with Crippen LogP contribution >= 0.6 is 45.3 Å². The van der Waals surface area contributed by atoms with Crippen LogP contribution in [0.15, 0.2) is 243 Å². The van der Waals surface area contributed by atoms with E-state index in [4.69, 9.17) is 15.0 Å². The molecule has 8 nitrogen and oxygen atoms in total. The van der Waals surface area contributed by atoms with Crippen LogP contribution in [0.4, 0.5) is 0 Å². The SMILES string of the molecule is CC1(C)c2ccccc2-c2c1ccc(-c1[nH+]c3ccccc3s1)c2[O-].CC1(C)c2ccccc2-c2c1ccc(-c1nc3ccccc3s1)c2O.CC1(C)c2ccccc2-c2cc(-c3nc4ccccc4s3)c(O)cc21.CC1(C)c2ccccc2-c2cc(O)c(-c3nc4ccccc4s3)cc21.[Be+2].[Zn].[Zn].[Zn]. The number of nitrogens with zero attached hydrogens (tertiary/aromatic N) is 3. The topological polar surface area (TPSA) is 137 Å². The average Bonchev–Trinajstić information content (AvgIpc) is 1.59. The van der Waals surface area contributed by atoms with Crippen molar-refractivity contribution in [2.45, 2.75) is 77.0 Å². The van der Waals surface area contributed by atoms with E-state index >= 15 is 0 Å². The molecule has 0 amide bonds. The van der Waals surface area contributed by atoms with Crippen molar-refractivity contribution in [3.05, 3.63) is 287 Å². The molecule has 4 aromatic heterocycles. The summed E-state index contributed by atoms with van der Waals surface area (Å²) < 4.78 is 4.58. The van der Waals surface area contributed by atoms with Crippen LogP contribution in [0, 0.1) is 0 Å². The summed E-state index contributed by atoms with van der Waals surface area (Å²) >= 11 is 6.50. The third kappa shape index (κ3) is 12.0. The Morgan fingerprint density at radius 1 is 0.308 bits per heavy atom. The molecular weight excluding hydrogens is 1510 g/mol. The molecule has 0 saturated carbocycles. The average molecular weight is 1580 g/mol. The summed E-state index contributed by atoms with van der Waals surface area (Å²) in [5.41, 5.74) is 25.5. The zero-order chi connectivity index (χ0) is 68.7. The fraction of sp³-hybridized carbons (Fsp3) is 0.136. The van der Waals surface area contributed by atoms with Gasteiger partial charge in [-0.25, -0.2) is 15.0 Å². The molecular formula is C88H68BeN4O4S4Zn3+2. The maximum Gasteiger partial charge on any atom is 2.00 e. The second-order valence-electron chi connectivity index (χ2n) is 28.3. The number of fused-ring (bicyclic) bond motifs is 16. The number of thiazole rings is 4. The third-order valence-electron chi connectivity index (χ3n) is 21.0. The van der Waals surface area contributed by atoms with E-state index in [0.29, 0.717) is 17.2 Å². The van der Waals surface area contributed by atoms with E-state index < -0.39 is 0 Å². The van der Waals surface area contributed by atoms with Gasteiger partial charge in [0.25, 0.3) is 5.01 Å². The third-order valence-corrected chi connectivity index (χ3v) is 25.3. The van der Waals surface area contributed by atoms with Crippen molar-refractivity contribution >= 4 is 96.3 Å². The molecule has 0 aliphatic heterocycles. The Balaban J connectivity index is 0.000000122. The Morgan fingerprint density at radius 2 is 0.663 bits per heavy atom. The van der Waals surface area contributed by atoms with Crippen LogP contribution in [0.3, 0.4) is 0 Å². The van der Waals surface area contributed by atoms with Gasteiger partial charge in [-0.05, 0) is 162 Å². The number of benzene rings is 12. The predicted octanol–water partition coefficient (Wildman–Crippen LogP) is 22.3. The molecule has 4 aliphatic carbocycles. The minimum Gasteiger partial charge on any atom is -0.871 e. The van der Waals surface area contributed by atoms with Gasteiger partial charge in [0.05, 0.1) is 52.9 Å². The molecule has 0 radical (unpaired) electrons. The molecule has 0 saturated heterocycles. The van der Waals surface area contributed by atoms with Gasteiger partial charge >= 0.3 is 10.1 Å². The van der Waals surface area contributed by atoms with Crippen LogP contribution in [0.5, 0.6) is 23.0 Å². The molecule has 20 rings (SSSR count). The van der Waals surface area contributed by atoms with Crippen molar-refractivity contribution in [1.82, 2.24) is 15.0 Å². The molecule has 4 N–H and O–H groups in total. The summed E-state index contributed by atoms with van der Waals surface area (Å²) in [5.74, 6) is 1.07. The summed E-state index contributed by atoms with van der Waals surface area (Å²) in [7, 11) is 0. The summed E-state index contributed by atoms with van der Waals surface area (Å²) in [4.78, 5) is 17.6. The minimum absolute atomic E-state index is 0. The summed E-state index contributed by atoms with van der Waals surface area (Å²) in [5, 5.41) is 49.5. The standard InChI is InChI=1S/4C22H17NOS.Be.3Zn/c1-22(2)16-8-4-3-7-13(16)14-12-19(24)15(11-17(14)22)21-23-18-9-5-6-10-20(18)25-21;1-22(2)16-8-4-3-7-13(16)14-11-15(19(24)12-17(14)22)21-23-18-9-5-6-10-20(18)25-21;2*1-22(2)15-8-4-3-7-13(15)19-16(22)12-11-14(20(19)24)21-23-17-9-5-6-10-18(17)25-21;;;;/h4*3-12,24H,1-2H3;;;;/q;;;;+2;;;. The number of phenolic OH excluding ortho intramolecular Hbond substituents is 3. The number of nitrogens with one attached hydrogen (secondary N) is 1. The monoisotopic (exact) mass is 1570 g/mol. The Hall–Kier alpha value is -8.56. The number of hydrogen-bond donors (Lipinski definition) is 3. The number of H-pyrrole nitrogens is 1. The van der Waals surface area contributed by atoms with E-state index in [2.05, 4.69) is 194 Å². The maximum atomic E-state index is 13.4. The first-order chi connectivity index (χ1) is 48.2. The molecule has 0 bridgehead atoms. The van der Waals surface area contributed by atoms with Crippen molar-refractivity contribution in [3.63, 3.8) is 0 Å². The number of phenols is 3. The van der Waals surface area contributed by atoms with E-state index in [0.717, 1.165) is 117 Å². The van der Waals surface area contributed by atoms with Gasteiger partial charge < -0.3 is 20.4 Å². The van der Waals surface area contributed by atoms with Crippen molar-refractivity contribution in [1.29, 1.82) is 0 Å². The first-order valence-electron chi connectivity index (χ1n) is 33.6. The fourth-order valence-corrected chi connectivity index (χ4v) is 19.7. The van der Waals surface area contributed by atoms with Crippen LogP contribution in [-0.2, 0) is 80.1 Å². The maximum absolute atomic E-state index is 13.4. The normalized spacial score (nSPS) is 13.9. The van der Waals surface area contributed by atoms with Gasteiger partial charge in [0.1, 0.15) is 37.0 Å². The van der Waals surface area contributed by atoms with E-state index in [1.807, 2.05) is 109 Å². The quantitative estimate of drug-likeness (QED) is 0.149. The van der Waals surface area contributed by atoms with Gasteiger partial charge in [0.2, 0.25) is 5.52 Å². The number of rotatable bonds is 4. The van der Waals surface area contributed by atoms with Crippen LogP contribution in [0.1, 0.15) is 99.9 Å². The molecule has 4 heterocycles. The van der Waals surface area contributed by atoms with E-state index in [-0.39, 0.29) is 96.0 Å². The zero-order valence-electron chi connectivity index (χ0n) is 59.1. The van der Waals surface area contributed by atoms with Crippen molar-refractivity contribution in [2.24, 2.45) is 0 Å². The number of hydrogen-bond acceptors (Lipinski definition) is 11. The van der Waals surface area contributed by atoms with Crippen molar-refractivity contribution in [2.75, 3.05) is 0 Å². The van der Waals surface area contributed by atoms with Gasteiger partial charge in [0, 0.05) is 91.7 Å². The summed E-state index contributed by atoms with van der Waals surface area (Å²) in [6.07, 6.45) is 0. The molecule has 0 spiro atoms. The van der Waals surface area contributed by atoms with Crippen LogP contribution in [0.25, 0.3) is 128 Å². The number of aromatic amines is 1. The molecule has 494 valence electrons. The van der Waals surface area contributed by atoms with E-state index in [9.17, 15) is 20.4 Å². The van der Waals surface area contributed by atoms with E-state index in [1.54, 1.807) is 45.3 Å². The molecule has 12 aromatic carbocycles. The first-order valence-corrected chi connectivity index (χ1v) is 36.9. The van der Waals surface area contributed by atoms with Crippen LogP contribution < -0.4 is 10.1 Å². The van der Waals surface area contributed by atoms with Gasteiger partial charge in [-0.1, -0.05) is 230 Å². The van der Waals surface area contributed by atoms with Gasteiger partial charge in [-0.2, -0.15) is 4.98 Å². The smallest absolute Gasteiger partial charge is 0.871 e. The largest absolute Gasteiger partial charge is 2.00 e. The predicted molar refractivity (Wildman–Crippen MR) is 419 cm³/mol. The van der Waals surface area contributed by atoms with Crippen LogP contribution in [0.2, 0.25) is 0 Å². The fourth-order valence-electron chi connectivity index (χ4n) is 15.7. The molecule has 0 fully saturated rings. The Kier molecular flexibility index (Phi) is 19.9. The molecule has 16 heteroatoms. The molecule has 4 aliphatic rings. The van der Waals surface area contributed by atoms with Gasteiger partial charge in [-0.3, -0.25) is 0 Å². The minimum atomic E-state index is -0.131. The Morgan fingerprint density at radius 3 is 1.15 bits per heavy atom. The van der Waals surface area contributed by atoms with Crippen molar-refractivity contribution in [3.8, 4) is 110 Å². The molecule has 0 atom stereocenters. The second kappa shape index (κ2) is 28.1. The first kappa shape index (κ1) is 73.7. The Bertz CT molecular complexity index is 5630. The van der Waals surface area contributed by atoms with Crippen LogP contribution in [-0.4, -0.2) is 40.4 Å². The molecule has 16 aromatic rings. The van der Waals surface area contributed by atoms with E-state index in [1.165, 1.54) is 55.6 Å². The molecule has 104 heavy (non-hydrogen) atoms. The number of para-hydroxylation sites is 4. The van der Waals surface area contributed by atoms with Crippen molar-refractivity contribution < 1.29 is 83.8 Å².